The van der Waals surface area contributed by atoms with Crippen molar-refractivity contribution in [3.8, 4) is 0 Å². The summed E-state index contributed by atoms with van der Waals surface area (Å²) in [7, 11) is 0. The number of Topliss-reactive ketones (excluding diaryl/α,β-unsaturated/α-hetero) is 1. The highest BCUT2D eigenvalue weighted by molar-refractivity contribution is 5.93. The Morgan fingerprint density at radius 2 is 1.82 bits per heavy atom. The van der Waals surface area contributed by atoms with E-state index in [1.54, 1.807) is 10.6 Å². The fraction of sp³-hybridized carbons (Fsp3) is 0.571. The average Bonchev–Trinajstić information content (AvgIpc) is 2.19. The van der Waals surface area contributed by atoms with Crippen LogP contribution in [-0.2, 0) is 6.54 Å². The van der Waals surface area contributed by atoms with Gasteiger partial charge in [-0.05, 0) is 30.9 Å². The zero-order valence-electron chi connectivity index (χ0n) is 11.3. The summed E-state index contributed by atoms with van der Waals surface area (Å²) < 4.78 is 1.74. The number of pyridine rings is 1. The summed E-state index contributed by atoms with van der Waals surface area (Å²) in [5.74, 6) is 0.498. The third-order valence-corrected chi connectivity index (χ3v) is 2.73. The maximum absolute atomic E-state index is 12.2. The Kier molecular flexibility index (Phi) is 4.27. The molecule has 0 aliphatic heterocycles. The molecule has 0 saturated carbocycles. The molecule has 0 aliphatic rings. The molecule has 0 N–H and O–H groups in total. The van der Waals surface area contributed by atoms with Gasteiger partial charge >= 0.3 is 0 Å². The number of aromatic nitrogens is 1. The fourth-order valence-corrected chi connectivity index (χ4v) is 1.92. The largest absolute Gasteiger partial charge is 0.312 e. The van der Waals surface area contributed by atoms with E-state index in [1.807, 2.05) is 6.07 Å². The summed E-state index contributed by atoms with van der Waals surface area (Å²) in [5.41, 5.74) is 1.13. The minimum absolute atomic E-state index is 0.155. The van der Waals surface area contributed by atoms with Crippen LogP contribution in [0.25, 0.3) is 0 Å². The predicted octanol–water partition coefficient (Wildman–Crippen LogP) is 2.83. The summed E-state index contributed by atoms with van der Waals surface area (Å²) in [4.78, 5) is 23.6. The molecule has 3 heteroatoms. The van der Waals surface area contributed by atoms with Crippen LogP contribution in [0, 0.1) is 5.92 Å². The second-order valence-electron chi connectivity index (χ2n) is 5.19. The molecule has 94 valence electrons. The van der Waals surface area contributed by atoms with Crippen LogP contribution in [0.15, 0.2) is 16.9 Å². The Morgan fingerprint density at radius 3 is 2.24 bits per heavy atom. The van der Waals surface area contributed by atoms with Crippen molar-refractivity contribution in [2.75, 3.05) is 0 Å². The first-order chi connectivity index (χ1) is 7.84. The Balaban J connectivity index is 3.42. The lowest BCUT2D eigenvalue weighted by molar-refractivity contribution is 0.101. The molecular weight excluding hydrogens is 214 g/mol. The average molecular weight is 235 g/mol. The third-order valence-electron chi connectivity index (χ3n) is 2.73. The van der Waals surface area contributed by atoms with Crippen molar-refractivity contribution >= 4 is 5.78 Å². The van der Waals surface area contributed by atoms with E-state index in [1.165, 1.54) is 6.92 Å². The van der Waals surface area contributed by atoms with E-state index in [2.05, 4.69) is 27.7 Å². The third kappa shape index (κ3) is 3.05. The zero-order valence-corrected chi connectivity index (χ0v) is 11.3. The molecule has 0 amide bonds. The Hall–Kier alpha value is -1.38. The summed E-state index contributed by atoms with van der Waals surface area (Å²) in [6.45, 7) is 10.3. The molecule has 0 aromatic carbocycles. The zero-order chi connectivity index (χ0) is 13.2. The quantitative estimate of drug-likeness (QED) is 0.753. The van der Waals surface area contributed by atoms with Gasteiger partial charge in [-0.15, -0.1) is 0 Å². The van der Waals surface area contributed by atoms with Crippen LogP contribution in [0.5, 0.6) is 0 Å². The number of nitrogens with zero attached hydrogens (tertiary/aromatic N) is 1. The summed E-state index contributed by atoms with van der Waals surface area (Å²) in [6.07, 6.45) is 0. The van der Waals surface area contributed by atoms with Gasteiger partial charge in [0.2, 0.25) is 0 Å². The van der Waals surface area contributed by atoms with Crippen molar-refractivity contribution in [2.45, 2.75) is 47.1 Å². The van der Waals surface area contributed by atoms with Crippen LogP contribution in [0.1, 0.15) is 56.6 Å². The SMILES string of the molecule is CC(=O)c1ccc(C(C)C)n(CC(C)C)c1=O. The fourth-order valence-electron chi connectivity index (χ4n) is 1.92. The molecule has 0 spiro atoms. The first-order valence-corrected chi connectivity index (χ1v) is 6.09. The number of hydrogen-bond donors (Lipinski definition) is 0. The summed E-state index contributed by atoms with van der Waals surface area (Å²) in [5, 5.41) is 0. The number of carbonyl (C=O) groups excluding carboxylic acids is 1. The van der Waals surface area contributed by atoms with E-state index in [9.17, 15) is 9.59 Å². The van der Waals surface area contributed by atoms with Crippen molar-refractivity contribution in [3.63, 3.8) is 0 Å². The standard InChI is InChI=1S/C14H21NO2/c1-9(2)8-15-13(10(3)4)7-6-12(11(5)16)14(15)17/h6-7,9-10H,8H2,1-5H3. The van der Waals surface area contributed by atoms with Crippen molar-refractivity contribution < 1.29 is 4.79 Å². The van der Waals surface area contributed by atoms with Gasteiger partial charge < -0.3 is 4.57 Å². The first kappa shape index (κ1) is 13.7. The molecule has 1 rings (SSSR count). The van der Waals surface area contributed by atoms with Gasteiger partial charge in [-0.3, -0.25) is 9.59 Å². The highest BCUT2D eigenvalue weighted by atomic mass is 16.1. The molecule has 0 fully saturated rings. The van der Waals surface area contributed by atoms with Crippen LogP contribution < -0.4 is 5.56 Å². The lowest BCUT2D eigenvalue weighted by Gasteiger charge is -2.18. The molecule has 17 heavy (non-hydrogen) atoms. The molecule has 0 unspecified atom stereocenters. The molecule has 0 radical (unpaired) electrons. The minimum Gasteiger partial charge on any atom is -0.312 e. The van der Waals surface area contributed by atoms with Crippen molar-refractivity contribution in [3.05, 3.63) is 33.7 Å². The van der Waals surface area contributed by atoms with Crippen LogP contribution >= 0.6 is 0 Å². The van der Waals surface area contributed by atoms with Gasteiger partial charge in [0, 0.05) is 12.2 Å². The smallest absolute Gasteiger partial charge is 0.261 e. The molecule has 3 nitrogen and oxygen atoms in total. The molecule has 0 aliphatic carbocycles. The van der Waals surface area contributed by atoms with E-state index < -0.39 is 0 Å². The Bertz CT molecular complexity index is 470. The first-order valence-electron chi connectivity index (χ1n) is 6.09. The molecule has 0 bridgehead atoms. The second kappa shape index (κ2) is 5.30. The monoisotopic (exact) mass is 235 g/mol. The second-order valence-corrected chi connectivity index (χ2v) is 5.19. The van der Waals surface area contributed by atoms with E-state index in [-0.39, 0.29) is 22.8 Å². The normalized spacial score (nSPS) is 11.2. The highest BCUT2D eigenvalue weighted by Crippen LogP contribution is 2.14. The van der Waals surface area contributed by atoms with Crippen molar-refractivity contribution in [2.24, 2.45) is 5.92 Å². The predicted molar refractivity (Wildman–Crippen MR) is 69.6 cm³/mol. The van der Waals surface area contributed by atoms with Gasteiger partial charge in [-0.25, -0.2) is 0 Å². The maximum atomic E-state index is 12.2. The lowest BCUT2D eigenvalue weighted by Crippen LogP contribution is -2.30. The molecule has 1 heterocycles. The van der Waals surface area contributed by atoms with E-state index in [0.717, 1.165) is 5.69 Å². The topological polar surface area (TPSA) is 39.1 Å². The van der Waals surface area contributed by atoms with Gasteiger partial charge in [-0.1, -0.05) is 27.7 Å². The molecular formula is C14H21NO2. The van der Waals surface area contributed by atoms with E-state index in [0.29, 0.717) is 12.5 Å². The van der Waals surface area contributed by atoms with Gasteiger partial charge in [0.25, 0.3) is 5.56 Å². The number of ketones is 1. The van der Waals surface area contributed by atoms with Gasteiger partial charge in [0.05, 0.1) is 5.56 Å². The highest BCUT2D eigenvalue weighted by Gasteiger charge is 2.14. The minimum atomic E-state index is -0.164. The maximum Gasteiger partial charge on any atom is 0.261 e. The summed E-state index contributed by atoms with van der Waals surface area (Å²) in [6, 6.07) is 3.54. The van der Waals surface area contributed by atoms with E-state index in [4.69, 9.17) is 0 Å². The lowest BCUT2D eigenvalue weighted by atomic mass is 10.1. The molecule has 1 aromatic heterocycles. The van der Waals surface area contributed by atoms with Gasteiger partial charge in [0.15, 0.2) is 5.78 Å². The van der Waals surface area contributed by atoms with Crippen LogP contribution in [-0.4, -0.2) is 10.4 Å². The summed E-state index contributed by atoms with van der Waals surface area (Å²) >= 11 is 0. The van der Waals surface area contributed by atoms with Crippen LogP contribution in [0.4, 0.5) is 0 Å². The van der Waals surface area contributed by atoms with Crippen molar-refractivity contribution in [1.82, 2.24) is 4.57 Å². The van der Waals surface area contributed by atoms with E-state index >= 15 is 0 Å². The molecule has 1 aromatic rings. The number of hydrogen-bond acceptors (Lipinski definition) is 2. The Labute approximate surface area is 102 Å². The van der Waals surface area contributed by atoms with Crippen LogP contribution in [0.2, 0.25) is 0 Å². The van der Waals surface area contributed by atoms with Gasteiger partial charge in [-0.2, -0.15) is 0 Å². The van der Waals surface area contributed by atoms with Crippen molar-refractivity contribution in [1.29, 1.82) is 0 Å². The Morgan fingerprint density at radius 1 is 1.24 bits per heavy atom. The number of rotatable bonds is 4. The van der Waals surface area contributed by atoms with Crippen LogP contribution in [0.3, 0.4) is 0 Å². The number of carbonyl (C=O) groups is 1. The molecule has 0 atom stereocenters. The van der Waals surface area contributed by atoms with Gasteiger partial charge in [0.1, 0.15) is 0 Å². The molecule has 0 saturated heterocycles.